The number of aromatic carboxylic acids is 1. The third-order valence-corrected chi connectivity index (χ3v) is 2.50. The molecule has 5 heteroatoms. The summed E-state index contributed by atoms with van der Waals surface area (Å²) >= 11 is 0. The lowest BCUT2D eigenvalue weighted by atomic mass is 10.1. The Hall–Kier alpha value is -2.43. The minimum absolute atomic E-state index is 0.222. The molecular weight excluding hydrogens is 242 g/mol. The van der Waals surface area contributed by atoms with Crippen molar-refractivity contribution in [2.75, 3.05) is 5.32 Å². The normalized spacial score (nSPS) is 10.5. The van der Waals surface area contributed by atoms with Gasteiger partial charge in [0, 0.05) is 24.0 Å². The van der Waals surface area contributed by atoms with Crippen molar-refractivity contribution in [2.45, 2.75) is 19.9 Å². The highest BCUT2D eigenvalue weighted by Crippen LogP contribution is 2.20. The highest BCUT2D eigenvalue weighted by molar-refractivity contribution is 5.88. The number of rotatable bonds is 4. The van der Waals surface area contributed by atoms with Crippen molar-refractivity contribution in [3.05, 3.63) is 42.2 Å². The van der Waals surface area contributed by atoms with Gasteiger partial charge in [0.25, 0.3) is 0 Å². The van der Waals surface area contributed by atoms with Crippen molar-refractivity contribution in [1.82, 2.24) is 9.97 Å². The number of nitrogens with zero attached hydrogens (tertiary/aromatic N) is 2. The molecule has 2 N–H and O–H groups in total. The maximum atomic E-state index is 10.9. The third kappa shape index (κ3) is 3.28. The zero-order valence-electron chi connectivity index (χ0n) is 10.8. The van der Waals surface area contributed by atoms with Crippen LogP contribution in [0.5, 0.6) is 0 Å². The fourth-order valence-electron chi connectivity index (χ4n) is 1.69. The molecule has 0 aromatic carbocycles. The van der Waals surface area contributed by atoms with Crippen molar-refractivity contribution in [1.29, 1.82) is 0 Å². The number of carbonyl (C=O) groups is 1. The van der Waals surface area contributed by atoms with E-state index in [0.717, 1.165) is 11.4 Å². The van der Waals surface area contributed by atoms with Gasteiger partial charge >= 0.3 is 5.97 Å². The van der Waals surface area contributed by atoms with Crippen molar-refractivity contribution < 1.29 is 9.90 Å². The predicted octanol–water partition coefficient (Wildman–Crippen LogP) is 2.66. The second-order valence-electron chi connectivity index (χ2n) is 4.46. The Kier molecular flexibility index (Phi) is 3.75. The summed E-state index contributed by atoms with van der Waals surface area (Å²) in [6, 6.07) is 6.96. The van der Waals surface area contributed by atoms with Gasteiger partial charge in [-0.3, -0.25) is 4.98 Å². The van der Waals surface area contributed by atoms with Crippen LogP contribution < -0.4 is 5.32 Å². The number of anilines is 1. The number of carboxylic acid groups (broad SMARTS) is 1. The first-order valence-electron chi connectivity index (χ1n) is 5.98. The fraction of sp³-hybridized carbons (Fsp3) is 0.214. The first kappa shape index (κ1) is 13.0. The molecule has 0 amide bonds. The first-order valence-corrected chi connectivity index (χ1v) is 5.98. The van der Waals surface area contributed by atoms with Gasteiger partial charge in [0.1, 0.15) is 5.82 Å². The number of hydrogen-bond donors (Lipinski definition) is 2. The quantitative estimate of drug-likeness (QED) is 0.880. The van der Waals surface area contributed by atoms with Crippen molar-refractivity contribution >= 4 is 11.8 Å². The largest absolute Gasteiger partial charge is 0.478 e. The molecule has 2 heterocycles. The molecule has 0 aliphatic rings. The van der Waals surface area contributed by atoms with Crippen LogP contribution in [0.25, 0.3) is 11.3 Å². The topological polar surface area (TPSA) is 75.1 Å². The molecule has 0 radical (unpaired) electrons. The molecule has 2 aromatic rings. The Morgan fingerprint density at radius 1 is 1.21 bits per heavy atom. The minimum Gasteiger partial charge on any atom is -0.478 e. The van der Waals surface area contributed by atoms with E-state index in [1.165, 1.54) is 12.3 Å². The smallest absolute Gasteiger partial charge is 0.335 e. The summed E-state index contributed by atoms with van der Waals surface area (Å²) in [7, 11) is 0. The predicted molar refractivity (Wildman–Crippen MR) is 73.2 cm³/mol. The van der Waals surface area contributed by atoms with Gasteiger partial charge in [-0.25, -0.2) is 9.78 Å². The number of nitrogens with one attached hydrogen (secondary N) is 1. The van der Waals surface area contributed by atoms with E-state index < -0.39 is 5.97 Å². The summed E-state index contributed by atoms with van der Waals surface area (Å²) in [6.45, 7) is 4.05. The second-order valence-corrected chi connectivity index (χ2v) is 4.46. The molecule has 0 atom stereocenters. The van der Waals surface area contributed by atoms with Gasteiger partial charge in [-0.1, -0.05) is 0 Å². The molecular formula is C14H15N3O2. The summed E-state index contributed by atoms with van der Waals surface area (Å²) in [5, 5.41) is 12.2. The fourth-order valence-corrected chi connectivity index (χ4v) is 1.69. The third-order valence-electron chi connectivity index (χ3n) is 2.50. The van der Waals surface area contributed by atoms with E-state index in [1.807, 2.05) is 19.9 Å². The average Bonchev–Trinajstić information content (AvgIpc) is 2.38. The molecule has 0 aliphatic heterocycles. The van der Waals surface area contributed by atoms with E-state index in [0.29, 0.717) is 5.69 Å². The van der Waals surface area contributed by atoms with Crippen LogP contribution in [0.3, 0.4) is 0 Å². The molecule has 0 saturated heterocycles. The Bertz CT molecular complexity index is 597. The van der Waals surface area contributed by atoms with Gasteiger partial charge in [-0.05, 0) is 38.1 Å². The molecule has 0 aliphatic carbocycles. The van der Waals surface area contributed by atoms with Crippen molar-refractivity contribution in [3.8, 4) is 11.3 Å². The first-order chi connectivity index (χ1) is 9.06. The lowest BCUT2D eigenvalue weighted by molar-refractivity contribution is 0.0697. The molecule has 0 fully saturated rings. The van der Waals surface area contributed by atoms with Crippen LogP contribution in [0.15, 0.2) is 36.7 Å². The van der Waals surface area contributed by atoms with Crippen LogP contribution in [0, 0.1) is 0 Å². The van der Waals surface area contributed by atoms with Crippen LogP contribution in [-0.4, -0.2) is 27.1 Å². The molecule has 98 valence electrons. The summed E-state index contributed by atoms with van der Waals surface area (Å²) in [5.74, 6) is -0.215. The zero-order valence-corrected chi connectivity index (χ0v) is 10.8. The van der Waals surface area contributed by atoms with Crippen molar-refractivity contribution in [2.24, 2.45) is 0 Å². The summed E-state index contributed by atoms with van der Waals surface area (Å²) < 4.78 is 0. The molecule has 0 saturated carbocycles. The number of aromatic nitrogens is 2. The number of carboxylic acids is 1. The summed E-state index contributed by atoms with van der Waals surface area (Å²) in [6.07, 6.45) is 3.17. The molecule has 2 rings (SSSR count). The zero-order chi connectivity index (χ0) is 13.8. The molecule has 0 bridgehead atoms. The lowest BCUT2D eigenvalue weighted by Crippen LogP contribution is -2.10. The molecule has 0 spiro atoms. The Morgan fingerprint density at radius 3 is 2.63 bits per heavy atom. The molecule has 19 heavy (non-hydrogen) atoms. The second kappa shape index (κ2) is 5.48. The van der Waals surface area contributed by atoms with E-state index in [9.17, 15) is 4.79 Å². The van der Waals surface area contributed by atoms with Gasteiger partial charge < -0.3 is 10.4 Å². The van der Waals surface area contributed by atoms with E-state index in [4.69, 9.17) is 5.11 Å². The molecule has 0 unspecified atom stereocenters. The van der Waals surface area contributed by atoms with Gasteiger partial charge in [0.05, 0.1) is 11.3 Å². The van der Waals surface area contributed by atoms with Crippen LogP contribution in [0.4, 0.5) is 5.82 Å². The van der Waals surface area contributed by atoms with Crippen molar-refractivity contribution in [3.63, 3.8) is 0 Å². The minimum atomic E-state index is -0.960. The van der Waals surface area contributed by atoms with Crippen LogP contribution in [0.2, 0.25) is 0 Å². The van der Waals surface area contributed by atoms with E-state index in [-0.39, 0.29) is 11.6 Å². The Labute approximate surface area is 111 Å². The van der Waals surface area contributed by atoms with E-state index in [1.54, 1.807) is 18.3 Å². The number of pyridine rings is 2. The van der Waals surface area contributed by atoms with Crippen LogP contribution >= 0.6 is 0 Å². The summed E-state index contributed by atoms with van der Waals surface area (Å²) in [4.78, 5) is 19.3. The van der Waals surface area contributed by atoms with Gasteiger partial charge in [0.15, 0.2) is 0 Å². The van der Waals surface area contributed by atoms with E-state index in [2.05, 4.69) is 15.3 Å². The highest BCUT2D eigenvalue weighted by atomic mass is 16.4. The maximum Gasteiger partial charge on any atom is 0.335 e. The standard InChI is InChI=1S/C14H15N3O2/c1-9(2)17-13-8-10(3-6-16-13)12-7-11(14(18)19)4-5-15-12/h3-9H,1-2H3,(H,16,17)(H,18,19). The van der Waals surface area contributed by atoms with Gasteiger partial charge in [-0.2, -0.15) is 0 Å². The van der Waals surface area contributed by atoms with Crippen LogP contribution in [0.1, 0.15) is 24.2 Å². The lowest BCUT2D eigenvalue weighted by Gasteiger charge is -2.10. The Balaban J connectivity index is 2.36. The summed E-state index contributed by atoms with van der Waals surface area (Å²) in [5.41, 5.74) is 1.68. The monoisotopic (exact) mass is 257 g/mol. The van der Waals surface area contributed by atoms with Crippen LogP contribution in [-0.2, 0) is 0 Å². The average molecular weight is 257 g/mol. The SMILES string of the molecule is CC(C)Nc1cc(-c2cc(C(=O)O)ccn2)ccn1. The van der Waals surface area contributed by atoms with Gasteiger partial charge in [0.2, 0.25) is 0 Å². The van der Waals surface area contributed by atoms with Gasteiger partial charge in [-0.15, -0.1) is 0 Å². The van der Waals surface area contributed by atoms with E-state index >= 15 is 0 Å². The molecule has 2 aromatic heterocycles. The Morgan fingerprint density at radius 2 is 1.95 bits per heavy atom. The molecule has 5 nitrogen and oxygen atoms in total. The highest BCUT2D eigenvalue weighted by Gasteiger charge is 2.07. The maximum absolute atomic E-state index is 10.9. The number of hydrogen-bond acceptors (Lipinski definition) is 4.